The molecule has 1 fully saturated rings. The molecule has 7 nitrogen and oxygen atoms in total. The van der Waals surface area contributed by atoms with Crippen LogP contribution in [0.2, 0.25) is 0 Å². The van der Waals surface area contributed by atoms with Crippen molar-refractivity contribution in [3.05, 3.63) is 59.7 Å². The molecule has 3 heterocycles. The molecule has 2 aromatic heterocycles. The number of hydrogen-bond acceptors (Lipinski definition) is 4. The number of nitrogens with one attached hydrogen (secondary N) is 3. The first kappa shape index (κ1) is 25.2. The van der Waals surface area contributed by atoms with E-state index in [1.54, 1.807) is 12.1 Å². The van der Waals surface area contributed by atoms with Gasteiger partial charge in [-0.1, -0.05) is 6.07 Å². The van der Waals surface area contributed by atoms with Crippen LogP contribution in [0.15, 0.2) is 47.7 Å². The van der Waals surface area contributed by atoms with Crippen LogP contribution in [-0.4, -0.2) is 67.1 Å². The molecule has 3 aromatic rings. The summed E-state index contributed by atoms with van der Waals surface area (Å²) in [4.78, 5) is 17.3. The number of piperazine rings is 1. The second kappa shape index (κ2) is 12.2. The van der Waals surface area contributed by atoms with Gasteiger partial charge in [0.2, 0.25) is 0 Å². The molecule has 1 aliphatic rings. The van der Waals surface area contributed by atoms with Crippen molar-refractivity contribution in [3.63, 3.8) is 0 Å². The molecule has 3 N–H and O–H groups in total. The van der Waals surface area contributed by atoms with Gasteiger partial charge in [-0.25, -0.2) is 14.4 Å². The molecule has 1 saturated heterocycles. The summed E-state index contributed by atoms with van der Waals surface area (Å²) in [7, 11) is 2.15. The number of pyridine rings is 1. The van der Waals surface area contributed by atoms with Crippen LogP contribution in [0.3, 0.4) is 0 Å². The van der Waals surface area contributed by atoms with Gasteiger partial charge in [-0.3, -0.25) is 0 Å². The van der Waals surface area contributed by atoms with E-state index in [1.165, 1.54) is 6.07 Å². The molecule has 178 valence electrons. The quantitative estimate of drug-likeness (QED) is 0.233. The van der Waals surface area contributed by atoms with E-state index in [9.17, 15) is 4.39 Å². The van der Waals surface area contributed by atoms with Crippen molar-refractivity contribution in [1.29, 1.82) is 0 Å². The average molecular weight is 565 g/mol. The van der Waals surface area contributed by atoms with E-state index in [0.29, 0.717) is 13.1 Å². The molecular weight excluding hydrogens is 532 g/mol. The smallest absolute Gasteiger partial charge is 0.191 e. The number of benzene rings is 1. The number of rotatable bonds is 7. The monoisotopic (exact) mass is 565 g/mol. The molecule has 4 rings (SSSR count). The van der Waals surface area contributed by atoms with Crippen LogP contribution in [0.1, 0.15) is 18.1 Å². The maximum absolute atomic E-state index is 13.6. The van der Waals surface area contributed by atoms with Crippen molar-refractivity contribution in [3.8, 4) is 0 Å². The van der Waals surface area contributed by atoms with Crippen molar-refractivity contribution in [2.24, 2.45) is 4.99 Å². The SMILES string of the molecule is CCNC(=NCc1cccnc1N1CCN(C)CC1)NCCc1c[nH]c2ccc(F)cc12.I. The highest BCUT2D eigenvalue weighted by Crippen LogP contribution is 2.20. The lowest BCUT2D eigenvalue weighted by Gasteiger charge is -2.34. The van der Waals surface area contributed by atoms with Crippen LogP contribution < -0.4 is 15.5 Å². The van der Waals surface area contributed by atoms with Crippen molar-refractivity contribution in [1.82, 2.24) is 25.5 Å². The molecule has 0 amide bonds. The fourth-order valence-electron chi connectivity index (χ4n) is 4.04. The maximum Gasteiger partial charge on any atom is 0.191 e. The lowest BCUT2D eigenvalue weighted by Crippen LogP contribution is -2.45. The second-order valence-corrected chi connectivity index (χ2v) is 8.15. The molecule has 1 aliphatic heterocycles. The molecule has 0 radical (unpaired) electrons. The molecule has 0 aliphatic carbocycles. The minimum absolute atomic E-state index is 0. The van der Waals surface area contributed by atoms with E-state index in [4.69, 9.17) is 4.99 Å². The third-order valence-electron chi connectivity index (χ3n) is 5.84. The summed E-state index contributed by atoms with van der Waals surface area (Å²) in [6.07, 6.45) is 4.58. The van der Waals surface area contributed by atoms with Gasteiger partial charge in [-0.2, -0.15) is 0 Å². The van der Waals surface area contributed by atoms with E-state index >= 15 is 0 Å². The molecule has 0 saturated carbocycles. The first-order valence-electron chi connectivity index (χ1n) is 11.3. The minimum Gasteiger partial charge on any atom is -0.361 e. The molecule has 0 atom stereocenters. The number of H-pyrrole nitrogens is 1. The van der Waals surface area contributed by atoms with Crippen LogP contribution in [0, 0.1) is 5.82 Å². The Kier molecular flexibility index (Phi) is 9.30. The third kappa shape index (κ3) is 6.57. The van der Waals surface area contributed by atoms with E-state index in [0.717, 1.165) is 73.0 Å². The third-order valence-corrected chi connectivity index (χ3v) is 5.84. The summed E-state index contributed by atoms with van der Waals surface area (Å²) in [6.45, 7) is 8.14. The molecule has 0 spiro atoms. The van der Waals surface area contributed by atoms with Crippen LogP contribution in [0.5, 0.6) is 0 Å². The first-order valence-corrected chi connectivity index (χ1v) is 11.3. The summed E-state index contributed by atoms with van der Waals surface area (Å²) in [5.74, 6) is 1.58. The zero-order valence-electron chi connectivity index (χ0n) is 19.3. The lowest BCUT2D eigenvalue weighted by molar-refractivity contribution is 0.312. The first-order chi connectivity index (χ1) is 15.6. The largest absolute Gasteiger partial charge is 0.361 e. The Hall–Kier alpha value is -2.40. The Morgan fingerprint density at radius 3 is 2.76 bits per heavy atom. The number of nitrogens with zero attached hydrogens (tertiary/aromatic N) is 4. The van der Waals surface area contributed by atoms with E-state index in [1.807, 2.05) is 18.5 Å². The summed E-state index contributed by atoms with van der Waals surface area (Å²) < 4.78 is 13.6. The topological polar surface area (TPSA) is 71.6 Å². The van der Waals surface area contributed by atoms with Gasteiger partial charge in [0.25, 0.3) is 0 Å². The molecule has 0 bridgehead atoms. The number of likely N-dealkylation sites (N-methyl/N-ethyl adjacent to an activating group) is 1. The van der Waals surface area contributed by atoms with Gasteiger partial charge in [0.05, 0.1) is 6.54 Å². The fourth-order valence-corrected chi connectivity index (χ4v) is 4.04. The molecular formula is C24H33FIN7. The Balaban J connectivity index is 0.00000306. The molecule has 33 heavy (non-hydrogen) atoms. The number of aliphatic imine (C=N–C) groups is 1. The summed E-state index contributed by atoms with van der Waals surface area (Å²) >= 11 is 0. The normalized spacial score (nSPS) is 14.9. The van der Waals surface area contributed by atoms with Crippen molar-refractivity contribution < 1.29 is 4.39 Å². The average Bonchev–Trinajstić information content (AvgIpc) is 3.20. The fraction of sp³-hybridized carbons (Fsp3) is 0.417. The van der Waals surface area contributed by atoms with Gasteiger partial charge in [-0.15, -0.1) is 24.0 Å². The Morgan fingerprint density at radius 2 is 1.97 bits per heavy atom. The van der Waals surface area contributed by atoms with E-state index < -0.39 is 0 Å². The zero-order valence-corrected chi connectivity index (χ0v) is 21.6. The van der Waals surface area contributed by atoms with Gasteiger partial charge in [0, 0.05) is 68.1 Å². The highest BCUT2D eigenvalue weighted by Gasteiger charge is 2.17. The van der Waals surface area contributed by atoms with Crippen LogP contribution in [0.4, 0.5) is 10.2 Å². The summed E-state index contributed by atoms with van der Waals surface area (Å²) in [6, 6.07) is 8.92. The van der Waals surface area contributed by atoms with Crippen molar-refractivity contribution >= 4 is 46.7 Å². The Bertz CT molecular complexity index is 1060. The van der Waals surface area contributed by atoms with Crippen molar-refractivity contribution in [2.45, 2.75) is 19.9 Å². The lowest BCUT2D eigenvalue weighted by atomic mass is 10.1. The number of fused-ring (bicyclic) bond motifs is 1. The van der Waals surface area contributed by atoms with Crippen molar-refractivity contribution in [2.75, 3.05) is 51.2 Å². The molecule has 0 unspecified atom stereocenters. The van der Waals surface area contributed by atoms with Crippen LogP contribution in [-0.2, 0) is 13.0 Å². The number of aromatic nitrogens is 2. The maximum atomic E-state index is 13.6. The van der Waals surface area contributed by atoms with Crippen LogP contribution in [0.25, 0.3) is 10.9 Å². The predicted octanol–water partition coefficient (Wildman–Crippen LogP) is 3.37. The van der Waals surface area contributed by atoms with Gasteiger partial charge in [0.15, 0.2) is 5.96 Å². The number of hydrogen-bond donors (Lipinski definition) is 3. The summed E-state index contributed by atoms with van der Waals surface area (Å²) in [5, 5.41) is 7.65. The number of guanidine groups is 1. The van der Waals surface area contributed by atoms with Gasteiger partial charge < -0.3 is 25.4 Å². The van der Waals surface area contributed by atoms with Crippen LogP contribution >= 0.6 is 24.0 Å². The number of halogens is 2. The second-order valence-electron chi connectivity index (χ2n) is 8.15. The molecule has 9 heteroatoms. The van der Waals surface area contributed by atoms with E-state index in [2.05, 4.69) is 50.4 Å². The van der Waals surface area contributed by atoms with Gasteiger partial charge in [0.1, 0.15) is 11.6 Å². The van der Waals surface area contributed by atoms with E-state index in [-0.39, 0.29) is 29.8 Å². The summed E-state index contributed by atoms with van der Waals surface area (Å²) in [5.41, 5.74) is 3.17. The van der Waals surface area contributed by atoms with Gasteiger partial charge in [-0.05, 0) is 50.2 Å². The standard InChI is InChI=1S/C24H32FN7.HI/c1-3-26-24(28-10-8-18-16-29-22-7-6-20(25)15-21(18)22)30-17-19-5-4-9-27-23(19)32-13-11-31(2)12-14-32;/h4-7,9,15-16,29H,3,8,10-14,17H2,1-2H3,(H2,26,28,30);1H. The highest BCUT2D eigenvalue weighted by atomic mass is 127. The Labute approximate surface area is 211 Å². The minimum atomic E-state index is -0.214. The molecule has 1 aromatic carbocycles. The highest BCUT2D eigenvalue weighted by molar-refractivity contribution is 14.0. The Morgan fingerprint density at radius 1 is 1.15 bits per heavy atom. The zero-order chi connectivity index (χ0) is 22.3. The van der Waals surface area contributed by atoms with Gasteiger partial charge >= 0.3 is 0 Å². The number of aromatic amines is 1. The predicted molar refractivity (Wildman–Crippen MR) is 144 cm³/mol. The number of anilines is 1.